The first-order chi connectivity index (χ1) is 10.8. The predicted octanol–water partition coefficient (Wildman–Crippen LogP) is 2.26. The van der Waals surface area contributed by atoms with Crippen LogP contribution in [0.1, 0.15) is 0 Å². The van der Waals surface area contributed by atoms with Crippen LogP contribution in [0.15, 0.2) is 9.26 Å². The van der Waals surface area contributed by atoms with Crippen molar-refractivity contribution in [3.8, 4) is 0 Å². The van der Waals surface area contributed by atoms with E-state index in [1.807, 2.05) is 0 Å². The van der Waals surface area contributed by atoms with Crippen LogP contribution < -0.4 is 10.0 Å². The van der Waals surface area contributed by atoms with Crippen molar-refractivity contribution in [2.45, 2.75) is 0 Å². The van der Waals surface area contributed by atoms with Crippen molar-refractivity contribution in [1.29, 1.82) is 0 Å². The maximum atomic E-state index is 5.90. The van der Waals surface area contributed by atoms with Gasteiger partial charge in [0.25, 0.3) is 0 Å². The average molecular weight is 390 g/mol. The topological polar surface area (TPSA) is 90.8 Å². The Morgan fingerprint density at radius 2 is 0.909 bits per heavy atom. The fourth-order valence-electron chi connectivity index (χ4n) is 1.91. The number of hydrogen-bond donors (Lipinski definition) is 0. The Morgan fingerprint density at radius 1 is 0.636 bits per heavy atom. The molecule has 22 heavy (non-hydrogen) atoms. The molecular weight excluding hydrogens is 382 g/mol. The predicted molar refractivity (Wildman–Crippen MR) is 79.4 cm³/mol. The van der Waals surface area contributed by atoms with Gasteiger partial charge in [-0.05, 0) is 20.6 Å². The third-order valence-corrected chi connectivity index (χ3v) is 3.93. The molecule has 0 aromatic carbocycles. The number of fused-ring (bicyclic) bond motifs is 2. The summed E-state index contributed by atoms with van der Waals surface area (Å²) >= 11 is 23.6. The van der Waals surface area contributed by atoms with Gasteiger partial charge in [0.1, 0.15) is 0 Å². The normalized spacial score (nSPS) is 13.9. The maximum Gasteiger partial charge on any atom is 0.240 e. The minimum Gasteiger partial charge on any atom is -0.240 e. The van der Waals surface area contributed by atoms with E-state index in [1.165, 1.54) is 20.0 Å². The summed E-state index contributed by atoms with van der Waals surface area (Å²) in [5.41, 5.74) is 0. The van der Waals surface area contributed by atoms with E-state index in [2.05, 4.69) is 20.6 Å². The molecule has 0 unspecified atom stereocenters. The van der Waals surface area contributed by atoms with Crippen molar-refractivity contribution in [2.24, 2.45) is 0 Å². The van der Waals surface area contributed by atoms with Crippen LogP contribution in [0.3, 0.4) is 0 Å². The molecule has 14 heteroatoms. The van der Waals surface area contributed by atoms with Gasteiger partial charge in [0.15, 0.2) is 0 Å². The zero-order chi connectivity index (χ0) is 15.7. The molecule has 3 heterocycles. The first-order valence-corrected chi connectivity index (χ1v) is 7.89. The molecule has 0 amide bonds. The SMILES string of the molecule is ClCN(CCl)N1c2nonc2N(N(CCl)CCl)c2nonc21. The van der Waals surface area contributed by atoms with E-state index in [1.54, 1.807) is 0 Å². The first kappa shape index (κ1) is 15.8. The lowest BCUT2D eigenvalue weighted by Crippen LogP contribution is -2.46. The van der Waals surface area contributed by atoms with Crippen LogP contribution in [0.5, 0.6) is 0 Å². The quantitative estimate of drug-likeness (QED) is 0.541. The molecule has 3 rings (SSSR count). The third kappa shape index (κ3) is 2.36. The highest BCUT2D eigenvalue weighted by atomic mass is 35.5. The number of nitrogens with zero attached hydrogens (tertiary/aromatic N) is 8. The fraction of sp³-hybridized carbons (Fsp3) is 0.500. The second-order valence-corrected chi connectivity index (χ2v) is 4.89. The molecule has 10 nitrogen and oxygen atoms in total. The van der Waals surface area contributed by atoms with E-state index in [-0.39, 0.29) is 24.0 Å². The van der Waals surface area contributed by atoms with Gasteiger partial charge in [0.2, 0.25) is 23.3 Å². The van der Waals surface area contributed by atoms with Crippen LogP contribution in [-0.2, 0) is 0 Å². The van der Waals surface area contributed by atoms with Crippen LogP contribution in [0.4, 0.5) is 23.3 Å². The summed E-state index contributed by atoms with van der Waals surface area (Å²) in [6.45, 7) is 0. The molecule has 0 aliphatic carbocycles. The van der Waals surface area contributed by atoms with Crippen molar-refractivity contribution in [3.63, 3.8) is 0 Å². The average Bonchev–Trinajstić information content (AvgIpc) is 3.19. The summed E-state index contributed by atoms with van der Waals surface area (Å²) in [5.74, 6) is 1.18. The summed E-state index contributed by atoms with van der Waals surface area (Å²) < 4.78 is 9.62. The van der Waals surface area contributed by atoms with Gasteiger partial charge < -0.3 is 0 Å². The van der Waals surface area contributed by atoms with Gasteiger partial charge in [-0.25, -0.2) is 19.3 Å². The molecule has 0 radical (unpaired) electrons. The molecule has 0 bridgehead atoms. The standard InChI is InChI=1S/C8H8Cl4N8O2/c9-1-17(2-10)19-5-7(15-21-13-5)20(18(3-11)4-12)8-6(19)14-22-16-8/h1-4H2. The van der Waals surface area contributed by atoms with E-state index < -0.39 is 0 Å². The summed E-state index contributed by atoms with van der Waals surface area (Å²) in [7, 11) is 0. The van der Waals surface area contributed by atoms with Crippen molar-refractivity contribution in [2.75, 3.05) is 34.0 Å². The Hall–Kier alpha value is -1.04. The number of aromatic nitrogens is 4. The molecule has 0 N–H and O–H groups in total. The van der Waals surface area contributed by atoms with Gasteiger partial charge in [-0.1, -0.05) is 0 Å². The monoisotopic (exact) mass is 388 g/mol. The van der Waals surface area contributed by atoms with Crippen LogP contribution in [0.25, 0.3) is 0 Å². The second kappa shape index (κ2) is 6.60. The molecular formula is C8H8Cl4N8O2. The molecule has 0 saturated carbocycles. The van der Waals surface area contributed by atoms with Crippen LogP contribution in [-0.4, -0.2) is 54.7 Å². The molecule has 0 saturated heterocycles. The van der Waals surface area contributed by atoms with Crippen LogP contribution in [0, 0.1) is 0 Å². The molecule has 1 aliphatic rings. The Kier molecular flexibility index (Phi) is 4.76. The molecule has 0 fully saturated rings. The van der Waals surface area contributed by atoms with Crippen LogP contribution >= 0.6 is 46.4 Å². The Labute approximate surface area is 143 Å². The molecule has 1 aliphatic heterocycles. The van der Waals surface area contributed by atoms with Crippen molar-refractivity contribution >= 4 is 69.7 Å². The fourth-order valence-corrected chi connectivity index (χ4v) is 2.85. The molecule has 0 atom stereocenters. The van der Waals surface area contributed by atoms with E-state index >= 15 is 0 Å². The lowest BCUT2D eigenvalue weighted by molar-refractivity contribution is 0.284. The van der Waals surface area contributed by atoms with E-state index in [4.69, 9.17) is 55.7 Å². The zero-order valence-electron chi connectivity index (χ0n) is 10.7. The lowest BCUT2D eigenvalue weighted by atomic mass is 10.4. The summed E-state index contributed by atoms with van der Waals surface area (Å²) in [4.78, 5) is 0. The van der Waals surface area contributed by atoms with E-state index in [0.29, 0.717) is 23.3 Å². The van der Waals surface area contributed by atoms with Gasteiger partial charge in [-0.3, -0.25) is 0 Å². The minimum absolute atomic E-state index is 0.0663. The van der Waals surface area contributed by atoms with Crippen molar-refractivity contribution in [1.82, 2.24) is 30.6 Å². The first-order valence-electron chi connectivity index (χ1n) is 5.75. The van der Waals surface area contributed by atoms with Crippen LogP contribution in [0.2, 0.25) is 0 Å². The smallest absolute Gasteiger partial charge is 0.240 e. The summed E-state index contributed by atoms with van der Waals surface area (Å²) in [5, 5.41) is 21.4. The molecule has 2 aromatic rings. The van der Waals surface area contributed by atoms with Gasteiger partial charge in [0, 0.05) is 0 Å². The number of alkyl halides is 4. The Bertz CT molecular complexity index is 538. The van der Waals surface area contributed by atoms with Gasteiger partial charge in [-0.2, -0.15) is 10.0 Å². The lowest BCUT2D eigenvalue weighted by Gasteiger charge is -2.37. The second-order valence-electron chi connectivity index (χ2n) is 3.94. The molecule has 2 aromatic heterocycles. The largest absolute Gasteiger partial charge is 0.240 e. The Balaban J connectivity index is 2.13. The highest BCUT2D eigenvalue weighted by molar-refractivity contribution is 6.20. The minimum atomic E-state index is 0.0663. The van der Waals surface area contributed by atoms with E-state index in [9.17, 15) is 0 Å². The highest BCUT2D eigenvalue weighted by Crippen LogP contribution is 2.45. The van der Waals surface area contributed by atoms with Gasteiger partial charge in [0.05, 0.1) is 24.0 Å². The van der Waals surface area contributed by atoms with Crippen molar-refractivity contribution < 1.29 is 9.26 Å². The molecule has 120 valence electrons. The molecule has 0 spiro atoms. The number of halogens is 4. The number of anilines is 4. The number of hydrazine groups is 2. The number of rotatable bonds is 6. The Morgan fingerprint density at radius 3 is 1.14 bits per heavy atom. The van der Waals surface area contributed by atoms with Crippen molar-refractivity contribution in [3.05, 3.63) is 0 Å². The summed E-state index contributed by atoms with van der Waals surface area (Å²) in [6, 6.07) is 0.265. The highest BCUT2D eigenvalue weighted by Gasteiger charge is 2.42. The van der Waals surface area contributed by atoms with Gasteiger partial charge >= 0.3 is 0 Å². The van der Waals surface area contributed by atoms with E-state index in [0.717, 1.165) is 0 Å². The third-order valence-electron chi connectivity index (χ3n) is 2.83. The van der Waals surface area contributed by atoms with Gasteiger partial charge in [-0.15, -0.1) is 46.4 Å². The maximum absolute atomic E-state index is 5.90. The zero-order valence-corrected chi connectivity index (χ0v) is 13.8. The number of hydrogen-bond acceptors (Lipinski definition) is 10. The summed E-state index contributed by atoms with van der Waals surface area (Å²) in [6.07, 6.45) is 0.